The van der Waals surface area contributed by atoms with Gasteiger partial charge in [-0.3, -0.25) is 9.69 Å². The molecule has 2 unspecified atom stereocenters. The highest BCUT2D eigenvalue weighted by Gasteiger charge is 2.41. The fourth-order valence-corrected chi connectivity index (χ4v) is 3.99. The van der Waals surface area contributed by atoms with Crippen molar-refractivity contribution in [2.75, 3.05) is 13.1 Å². The van der Waals surface area contributed by atoms with Crippen molar-refractivity contribution in [1.82, 2.24) is 4.90 Å². The number of hydrogen-bond donors (Lipinski definition) is 1. The maximum absolute atomic E-state index is 12.5. The summed E-state index contributed by atoms with van der Waals surface area (Å²) in [6.45, 7) is 6.49. The topological polar surface area (TPSA) is 40.5 Å². The van der Waals surface area contributed by atoms with Gasteiger partial charge in [0.05, 0.1) is 6.04 Å². The normalized spacial score (nSPS) is 31.2. The lowest BCUT2D eigenvalue weighted by Crippen LogP contribution is -2.38. The molecular weight excluding hydrogens is 250 g/mol. The Morgan fingerprint density at radius 2 is 1.75 bits per heavy atom. The van der Waals surface area contributed by atoms with Crippen molar-refractivity contribution in [3.63, 3.8) is 0 Å². The van der Waals surface area contributed by atoms with Gasteiger partial charge in [0.2, 0.25) is 0 Å². The van der Waals surface area contributed by atoms with E-state index in [1.165, 1.54) is 12.8 Å². The fourth-order valence-electron chi connectivity index (χ4n) is 3.99. The Morgan fingerprint density at radius 1 is 1.20 bits per heavy atom. The number of carbonyl (C=O) groups excluding carboxylic acids is 1. The molecule has 1 aliphatic heterocycles. The van der Waals surface area contributed by atoms with Crippen LogP contribution in [0.2, 0.25) is 0 Å². The summed E-state index contributed by atoms with van der Waals surface area (Å²) in [5.41, 5.74) is 0.695. The van der Waals surface area contributed by atoms with Crippen LogP contribution >= 0.6 is 0 Å². The minimum Gasteiger partial charge on any atom is -0.508 e. The third kappa shape index (κ3) is 2.47. The number of hydrogen-bond acceptors (Lipinski definition) is 3. The molecule has 4 atom stereocenters. The summed E-state index contributed by atoms with van der Waals surface area (Å²) in [6, 6.07) is 6.54. The zero-order valence-electron chi connectivity index (χ0n) is 12.2. The van der Waals surface area contributed by atoms with Crippen molar-refractivity contribution in [2.24, 2.45) is 17.8 Å². The summed E-state index contributed by atoms with van der Waals surface area (Å²) < 4.78 is 0. The molecule has 3 rings (SSSR count). The number of nitrogens with zero attached hydrogens (tertiary/aromatic N) is 1. The van der Waals surface area contributed by atoms with E-state index in [9.17, 15) is 9.90 Å². The lowest BCUT2D eigenvalue weighted by Gasteiger charge is -2.24. The van der Waals surface area contributed by atoms with Gasteiger partial charge < -0.3 is 5.11 Å². The molecular formula is C17H23NO2. The monoisotopic (exact) mass is 273 g/mol. The average Bonchev–Trinajstić information content (AvgIpc) is 2.95. The lowest BCUT2D eigenvalue weighted by molar-refractivity contribution is 0.0856. The first-order valence-corrected chi connectivity index (χ1v) is 7.62. The van der Waals surface area contributed by atoms with Gasteiger partial charge in [0, 0.05) is 18.7 Å². The molecule has 3 heteroatoms. The van der Waals surface area contributed by atoms with Crippen LogP contribution in [0.4, 0.5) is 0 Å². The Balaban J connectivity index is 1.66. The third-order valence-corrected chi connectivity index (χ3v) is 5.09. The van der Waals surface area contributed by atoms with Gasteiger partial charge in [-0.1, -0.05) is 6.92 Å². The van der Waals surface area contributed by atoms with Crippen LogP contribution in [0.15, 0.2) is 24.3 Å². The Kier molecular flexibility index (Phi) is 3.55. The fraction of sp³-hybridized carbons (Fsp3) is 0.588. The molecule has 1 saturated heterocycles. The number of ketones is 1. The van der Waals surface area contributed by atoms with Gasteiger partial charge in [0.1, 0.15) is 5.75 Å². The Bertz CT molecular complexity index is 482. The zero-order valence-corrected chi connectivity index (χ0v) is 12.2. The van der Waals surface area contributed by atoms with Crippen LogP contribution in [0.1, 0.15) is 37.0 Å². The van der Waals surface area contributed by atoms with Crippen LogP contribution in [-0.4, -0.2) is 34.9 Å². The van der Waals surface area contributed by atoms with E-state index in [1.54, 1.807) is 24.3 Å². The highest BCUT2D eigenvalue weighted by Crippen LogP contribution is 2.41. The summed E-state index contributed by atoms with van der Waals surface area (Å²) in [4.78, 5) is 14.8. The molecule has 1 N–H and O–H groups in total. The van der Waals surface area contributed by atoms with E-state index in [0.29, 0.717) is 5.56 Å². The molecule has 20 heavy (non-hydrogen) atoms. The van der Waals surface area contributed by atoms with Gasteiger partial charge in [-0.2, -0.15) is 0 Å². The Morgan fingerprint density at radius 3 is 2.30 bits per heavy atom. The SMILES string of the molecule is CC1C[C@@H]2CN(C(C)C(=O)c3ccc(O)cc3)C[C@@H]2C1. The predicted molar refractivity (Wildman–Crippen MR) is 78.9 cm³/mol. The Labute approximate surface area is 120 Å². The van der Waals surface area contributed by atoms with Crippen LogP contribution in [0.3, 0.4) is 0 Å². The third-order valence-electron chi connectivity index (χ3n) is 5.09. The van der Waals surface area contributed by atoms with Crippen molar-refractivity contribution in [2.45, 2.75) is 32.7 Å². The van der Waals surface area contributed by atoms with Crippen molar-refractivity contribution in [3.05, 3.63) is 29.8 Å². The zero-order chi connectivity index (χ0) is 14.3. The second kappa shape index (κ2) is 5.21. The van der Waals surface area contributed by atoms with E-state index >= 15 is 0 Å². The van der Waals surface area contributed by atoms with E-state index in [1.807, 2.05) is 6.92 Å². The Hall–Kier alpha value is -1.35. The molecule has 1 aliphatic carbocycles. The molecule has 2 fully saturated rings. The van der Waals surface area contributed by atoms with E-state index in [0.717, 1.165) is 30.8 Å². The standard InChI is InChI=1S/C17H23NO2/c1-11-7-14-9-18(10-15(14)8-11)12(2)17(20)13-3-5-16(19)6-4-13/h3-6,11-12,14-15,19H,7-10H2,1-2H3/t11?,12?,14-,15+. The summed E-state index contributed by atoms with van der Waals surface area (Å²) in [5.74, 6) is 2.81. The molecule has 0 bridgehead atoms. The molecule has 1 aromatic carbocycles. The lowest BCUT2D eigenvalue weighted by atomic mass is 10.0. The van der Waals surface area contributed by atoms with Gasteiger partial charge in [-0.05, 0) is 61.8 Å². The van der Waals surface area contributed by atoms with Gasteiger partial charge in [-0.15, -0.1) is 0 Å². The second-order valence-corrected chi connectivity index (χ2v) is 6.64. The number of phenols is 1. The van der Waals surface area contributed by atoms with Crippen LogP contribution in [-0.2, 0) is 0 Å². The van der Waals surface area contributed by atoms with Crippen molar-refractivity contribution in [1.29, 1.82) is 0 Å². The van der Waals surface area contributed by atoms with E-state index in [4.69, 9.17) is 0 Å². The van der Waals surface area contributed by atoms with Crippen molar-refractivity contribution in [3.8, 4) is 5.75 Å². The number of aromatic hydroxyl groups is 1. The maximum atomic E-state index is 12.5. The minimum absolute atomic E-state index is 0.0551. The molecule has 108 valence electrons. The number of phenolic OH excluding ortho intramolecular Hbond substituents is 1. The second-order valence-electron chi connectivity index (χ2n) is 6.64. The number of carbonyl (C=O) groups is 1. The first kappa shape index (κ1) is 13.6. The predicted octanol–water partition coefficient (Wildman–Crippen LogP) is 2.94. The highest BCUT2D eigenvalue weighted by atomic mass is 16.3. The maximum Gasteiger partial charge on any atom is 0.179 e. The van der Waals surface area contributed by atoms with E-state index in [2.05, 4.69) is 11.8 Å². The molecule has 1 aromatic rings. The van der Waals surface area contributed by atoms with Crippen LogP contribution in [0, 0.1) is 17.8 Å². The molecule has 0 spiro atoms. The average molecular weight is 273 g/mol. The quantitative estimate of drug-likeness (QED) is 0.861. The largest absolute Gasteiger partial charge is 0.508 e. The number of likely N-dealkylation sites (tertiary alicyclic amines) is 1. The number of Topliss-reactive ketones (excluding diaryl/α,β-unsaturated/α-hetero) is 1. The van der Waals surface area contributed by atoms with Crippen LogP contribution in [0.5, 0.6) is 5.75 Å². The van der Waals surface area contributed by atoms with E-state index < -0.39 is 0 Å². The van der Waals surface area contributed by atoms with Crippen molar-refractivity contribution >= 4 is 5.78 Å². The smallest absolute Gasteiger partial charge is 0.179 e. The summed E-state index contributed by atoms with van der Waals surface area (Å²) in [7, 11) is 0. The molecule has 1 heterocycles. The molecule has 0 radical (unpaired) electrons. The van der Waals surface area contributed by atoms with Gasteiger partial charge in [0.15, 0.2) is 5.78 Å². The van der Waals surface area contributed by atoms with Gasteiger partial charge >= 0.3 is 0 Å². The number of rotatable bonds is 3. The van der Waals surface area contributed by atoms with Gasteiger partial charge in [0.25, 0.3) is 0 Å². The summed E-state index contributed by atoms with van der Waals surface area (Å²) in [5, 5.41) is 9.30. The van der Waals surface area contributed by atoms with E-state index in [-0.39, 0.29) is 17.6 Å². The first-order valence-electron chi connectivity index (χ1n) is 7.62. The number of fused-ring (bicyclic) bond motifs is 1. The van der Waals surface area contributed by atoms with Crippen molar-refractivity contribution < 1.29 is 9.90 Å². The summed E-state index contributed by atoms with van der Waals surface area (Å²) in [6.07, 6.45) is 2.64. The number of benzene rings is 1. The van der Waals surface area contributed by atoms with Crippen LogP contribution in [0.25, 0.3) is 0 Å². The van der Waals surface area contributed by atoms with Gasteiger partial charge in [-0.25, -0.2) is 0 Å². The minimum atomic E-state index is -0.0551. The summed E-state index contributed by atoms with van der Waals surface area (Å²) >= 11 is 0. The molecule has 2 aliphatic rings. The highest BCUT2D eigenvalue weighted by molar-refractivity contribution is 5.99. The molecule has 3 nitrogen and oxygen atoms in total. The molecule has 0 amide bonds. The first-order chi connectivity index (χ1) is 9.54. The van der Waals surface area contributed by atoms with Crippen LogP contribution < -0.4 is 0 Å². The molecule has 0 aromatic heterocycles. The molecule has 1 saturated carbocycles.